The third-order valence-electron chi connectivity index (χ3n) is 3.36. The van der Waals surface area contributed by atoms with Crippen LogP contribution in [0.25, 0.3) is 0 Å². The molecule has 0 radical (unpaired) electrons. The zero-order valence-corrected chi connectivity index (χ0v) is 11.2. The first-order valence-corrected chi connectivity index (χ1v) is 6.52. The highest BCUT2D eigenvalue weighted by Crippen LogP contribution is 2.27. The second-order valence-electron chi connectivity index (χ2n) is 5.09. The molecule has 2 atom stereocenters. The summed E-state index contributed by atoms with van der Waals surface area (Å²) in [5, 5.41) is 9.38. The first-order valence-electron chi connectivity index (χ1n) is 6.52. The Morgan fingerprint density at radius 2 is 2.24 bits per heavy atom. The zero-order chi connectivity index (χ0) is 15.6. The van der Waals surface area contributed by atoms with Crippen molar-refractivity contribution in [2.24, 2.45) is 5.73 Å². The Hall–Kier alpha value is -1.67. The second kappa shape index (κ2) is 5.98. The highest BCUT2D eigenvalue weighted by atomic mass is 19.4. The summed E-state index contributed by atoms with van der Waals surface area (Å²) in [5.41, 5.74) is 5.26. The molecule has 0 spiro atoms. The lowest BCUT2D eigenvalue weighted by Gasteiger charge is -2.20. The summed E-state index contributed by atoms with van der Waals surface area (Å²) in [4.78, 5) is 16.8. The number of amides is 1. The maximum Gasteiger partial charge on any atom is 0.433 e. The van der Waals surface area contributed by atoms with E-state index in [1.54, 1.807) is 0 Å². The zero-order valence-electron chi connectivity index (χ0n) is 11.2. The Balaban J connectivity index is 1.96. The van der Waals surface area contributed by atoms with E-state index < -0.39 is 24.0 Å². The van der Waals surface area contributed by atoms with Gasteiger partial charge in [-0.15, -0.1) is 0 Å². The van der Waals surface area contributed by atoms with Crippen molar-refractivity contribution >= 4 is 5.91 Å². The number of likely N-dealkylation sites (tertiary alicyclic amines) is 1. The molecule has 1 saturated heterocycles. The van der Waals surface area contributed by atoms with Crippen molar-refractivity contribution in [3.8, 4) is 0 Å². The molecule has 1 amide bonds. The van der Waals surface area contributed by atoms with E-state index in [0.29, 0.717) is 18.5 Å². The van der Waals surface area contributed by atoms with Crippen molar-refractivity contribution in [1.82, 2.24) is 9.88 Å². The average molecular weight is 303 g/mol. The normalized spacial score (nSPS) is 20.6. The first kappa shape index (κ1) is 15.7. The molecule has 21 heavy (non-hydrogen) atoms. The van der Waals surface area contributed by atoms with Crippen molar-refractivity contribution in [3.63, 3.8) is 0 Å². The molecular formula is C13H16F3N3O2. The van der Waals surface area contributed by atoms with E-state index in [1.807, 2.05) is 0 Å². The Bertz CT molecular complexity index is 504. The highest BCUT2D eigenvalue weighted by Gasteiger charge is 2.32. The van der Waals surface area contributed by atoms with Crippen LogP contribution in [0.5, 0.6) is 0 Å². The number of aliphatic hydroxyl groups is 1. The smallest absolute Gasteiger partial charge is 0.391 e. The Morgan fingerprint density at radius 3 is 2.71 bits per heavy atom. The van der Waals surface area contributed by atoms with Gasteiger partial charge in [0, 0.05) is 19.3 Å². The van der Waals surface area contributed by atoms with E-state index in [2.05, 4.69) is 4.98 Å². The van der Waals surface area contributed by atoms with Crippen LogP contribution >= 0.6 is 0 Å². The summed E-state index contributed by atoms with van der Waals surface area (Å²) in [6.45, 7) is 0.691. The van der Waals surface area contributed by atoms with Crippen LogP contribution < -0.4 is 5.73 Å². The van der Waals surface area contributed by atoms with Gasteiger partial charge in [-0.1, -0.05) is 6.07 Å². The highest BCUT2D eigenvalue weighted by molar-refractivity contribution is 5.82. The molecule has 2 unspecified atom stereocenters. The van der Waals surface area contributed by atoms with Gasteiger partial charge in [0.2, 0.25) is 5.91 Å². The minimum atomic E-state index is -4.48. The summed E-state index contributed by atoms with van der Waals surface area (Å²) < 4.78 is 37.1. The van der Waals surface area contributed by atoms with Crippen LogP contribution in [0.4, 0.5) is 13.2 Å². The fourth-order valence-corrected chi connectivity index (χ4v) is 2.23. The topological polar surface area (TPSA) is 79.5 Å². The van der Waals surface area contributed by atoms with Gasteiger partial charge in [0.1, 0.15) is 5.69 Å². The van der Waals surface area contributed by atoms with Gasteiger partial charge in [-0.05, 0) is 24.5 Å². The minimum absolute atomic E-state index is 0.108. The third-order valence-corrected chi connectivity index (χ3v) is 3.36. The summed E-state index contributed by atoms with van der Waals surface area (Å²) >= 11 is 0. The van der Waals surface area contributed by atoms with Crippen molar-refractivity contribution in [2.75, 3.05) is 13.1 Å². The van der Waals surface area contributed by atoms with Crippen LogP contribution in [0, 0.1) is 0 Å². The number of hydrogen-bond acceptors (Lipinski definition) is 4. The number of rotatable bonds is 3. The molecule has 3 N–H and O–H groups in total. The number of nitrogens with two attached hydrogens (primary N) is 1. The van der Waals surface area contributed by atoms with Crippen molar-refractivity contribution < 1.29 is 23.1 Å². The lowest BCUT2D eigenvalue weighted by molar-refractivity contribution is -0.141. The summed E-state index contributed by atoms with van der Waals surface area (Å²) in [6, 6.07) is 1.28. The lowest BCUT2D eigenvalue weighted by atomic mass is 10.1. The maximum atomic E-state index is 12.4. The van der Waals surface area contributed by atoms with E-state index >= 15 is 0 Å². The first-order chi connectivity index (χ1) is 9.77. The van der Waals surface area contributed by atoms with E-state index in [1.165, 1.54) is 11.0 Å². The van der Waals surface area contributed by atoms with E-state index in [4.69, 9.17) is 5.73 Å². The van der Waals surface area contributed by atoms with Crippen LogP contribution in [0.15, 0.2) is 18.3 Å². The van der Waals surface area contributed by atoms with Crippen LogP contribution in [0.1, 0.15) is 17.7 Å². The molecule has 0 bridgehead atoms. The second-order valence-corrected chi connectivity index (χ2v) is 5.09. The third kappa shape index (κ3) is 3.92. The number of pyridine rings is 1. The number of carbonyl (C=O) groups excluding carboxylic acids is 1. The Morgan fingerprint density at radius 1 is 1.52 bits per heavy atom. The van der Waals surface area contributed by atoms with Crippen LogP contribution in [-0.4, -0.2) is 46.1 Å². The molecular weight excluding hydrogens is 287 g/mol. The average Bonchev–Trinajstić information content (AvgIpc) is 2.84. The summed E-state index contributed by atoms with van der Waals surface area (Å²) in [7, 11) is 0. The molecule has 1 aliphatic heterocycles. The standard InChI is InChI=1S/C13H16F3N3O2/c14-13(15,16)11-2-1-8(6-18-11)5-10(17)12(21)19-4-3-9(20)7-19/h1-2,6,9-10,20H,3-5,7,17H2. The number of halogens is 3. The molecule has 0 aliphatic carbocycles. The fourth-order valence-electron chi connectivity index (χ4n) is 2.23. The predicted molar refractivity (Wildman–Crippen MR) is 68.1 cm³/mol. The molecule has 2 heterocycles. The minimum Gasteiger partial charge on any atom is -0.391 e. The molecule has 5 nitrogen and oxygen atoms in total. The fraction of sp³-hybridized carbons (Fsp3) is 0.538. The SMILES string of the molecule is NC(Cc1ccc(C(F)(F)F)nc1)C(=O)N1CCC(O)C1. The van der Waals surface area contributed by atoms with Crippen molar-refractivity contribution in [1.29, 1.82) is 0 Å². The molecule has 2 rings (SSSR count). The molecule has 116 valence electrons. The number of carbonyl (C=O) groups is 1. The molecule has 0 aromatic carbocycles. The van der Waals surface area contributed by atoms with Crippen LogP contribution in [-0.2, 0) is 17.4 Å². The number of hydrogen-bond donors (Lipinski definition) is 2. The van der Waals surface area contributed by atoms with Gasteiger partial charge in [-0.2, -0.15) is 13.2 Å². The summed E-state index contributed by atoms with van der Waals surface area (Å²) in [5.74, 6) is -0.313. The van der Waals surface area contributed by atoms with Gasteiger partial charge in [-0.3, -0.25) is 9.78 Å². The number of nitrogens with zero attached hydrogens (tertiary/aromatic N) is 2. The van der Waals surface area contributed by atoms with Crippen molar-refractivity contribution in [3.05, 3.63) is 29.6 Å². The quantitative estimate of drug-likeness (QED) is 0.855. The summed E-state index contributed by atoms with van der Waals surface area (Å²) in [6.07, 6.45) is -3.32. The number of alkyl halides is 3. The lowest BCUT2D eigenvalue weighted by Crippen LogP contribution is -2.44. The number of aliphatic hydroxyl groups excluding tert-OH is 1. The van der Waals surface area contributed by atoms with Gasteiger partial charge in [0.25, 0.3) is 0 Å². The molecule has 1 fully saturated rings. The maximum absolute atomic E-state index is 12.4. The number of β-amino-alcohol motifs (C(OH)–C–C–N with tert-alkyl or cyclic N) is 1. The largest absolute Gasteiger partial charge is 0.433 e. The molecule has 8 heteroatoms. The van der Waals surface area contributed by atoms with E-state index in [9.17, 15) is 23.1 Å². The van der Waals surface area contributed by atoms with Crippen LogP contribution in [0.3, 0.4) is 0 Å². The molecule has 1 aliphatic rings. The van der Waals surface area contributed by atoms with Gasteiger partial charge < -0.3 is 15.7 Å². The van der Waals surface area contributed by atoms with E-state index in [-0.39, 0.29) is 18.9 Å². The predicted octanol–water partition coefficient (Wildman–Crippen LogP) is 0.563. The van der Waals surface area contributed by atoms with Crippen LogP contribution in [0.2, 0.25) is 0 Å². The molecule has 0 saturated carbocycles. The van der Waals surface area contributed by atoms with Gasteiger partial charge in [-0.25, -0.2) is 0 Å². The molecule has 1 aromatic rings. The van der Waals surface area contributed by atoms with E-state index in [0.717, 1.165) is 12.3 Å². The van der Waals surface area contributed by atoms with Crippen molar-refractivity contribution in [2.45, 2.75) is 31.2 Å². The van der Waals surface area contributed by atoms with Gasteiger partial charge in [0.05, 0.1) is 12.1 Å². The molecule has 1 aromatic heterocycles. The Kier molecular flexibility index (Phi) is 4.48. The Labute approximate surface area is 119 Å². The number of aromatic nitrogens is 1. The van der Waals surface area contributed by atoms with Gasteiger partial charge >= 0.3 is 6.18 Å². The van der Waals surface area contributed by atoms with Gasteiger partial charge in [0.15, 0.2) is 0 Å². The monoisotopic (exact) mass is 303 g/mol.